The minimum Gasteiger partial charge on any atom is -0.383 e. The Labute approximate surface area is 102 Å². The van der Waals surface area contributed by atoms with Gasteiger partial charge in [-0.1, -0.05) is 6.92 Å². The molecule has 1 aromatic heterocycles. The number of ether oxygens (including phenoxy) is 1. The van der Waals surface area contributed by atoms with E-state index >= 15 is 0 Å². The molecule has 0 amide bonds. The number of rotatable bonds is 2. The van der Waals surface area contributed by atoms with E-state index in [2.05, 4.69) is 35.6 Å². The van der Waals surface area contributed by atoms with Crippen LogP contribution in [0.1, 0.15) is 26.3 Å². The summed E-state index contributed by atoms with van der Waals surface area (Å²) in [5.41, 5.74) is 6.90. The van der Waals surface area contributed by atoms with Gasteiger partial charge in [0.2, 0.25) is 0 Å². The van der Waals surface area contributed by atoms with E-state index in [0.29, 0.717) is 12.4 Å². The first kappa shape index (κ1) is 12.1. The summed E-state index contributed by atoms with van der Waals surface area (Å²) in [6.07, 6.45) is 2.38. The van der Waals surface area contributed by atoms with E-state index in [1.54, 1.807) is 0 Å². The molecule has 1 fully saturated rings. The Morgan fingerprint density at radius 2 is 2.24 bits per heavy atom. The van der Waals surface area contributed by atoms with Crippen LogP contribution < -0.4 is 10.6 Å². The van der Waals surface area contributed by atoms with Gasteiger partial charge in [0, 0.05) is 12.1 Å². The molecule has 2 N–H and O–H groups in total. The van der Waals surface area contributed by atoms with Gasteiger partial charge in [-0.2, -0.15) is 0 Å². The number of aromatic nitrogens is 2. The van der Waals surface area contributed by atoms with Gasteiger partial charge in [0.15, 0.2) is 0 Å². The van der Waals surface area contributed by atoms with Crippen LogP contribution in [0.25, 0.3) is 0 Å². The molecule has 0 aromatic carbocycles. The standard InChI is InChI=1S/C12H20N4O/c1-4-9-10(13)14-8-15-11(9)16-5-6-17-7-12(16,2)3/h8H,4-7H2,1-3H3,(H2,13,14,15). The minimum absolute atomic E-state index is 0.0526. The third-order valence-electron chi connectivity index (χ3n) is 3.21. The molecular formula is C12H20N4O. The molecule has 0 atom stereocenters. The van der Waals surface area contributed by atoms with Crippen molar-refractivity contribution in [1.29, 1.82) is 0 Å². The average Bonchev–Trinajstić information content (AvgIpc) is 2.28. The number of hydrogen-bond donors (Lipinski definition) is 1. The maximum absolute atomic E-state index is 5.92. The maximum atomic E-state index is 5.92. The van der Waals surface area contributed by atoms with Crippen molar-refractivity contribution in [2.75, 3.05) is 30.4 Å². The van der Waals surface area contributed by atoms with E-state index in [1.165, 1.54) is 6.33 Å². The van der Waals surface area contributed by atoms with E-state index in [1.807, 2.05) is 0 Å². The average molecular weight is 236 g/mol. The van der Waals surface area contributed by atoms with Crippen molar-refractivity contribution >= 4 is 11.6 Å². The van der Waals surface area contributed by atoms with Crippen LogP contribution in [0.15, 0.2) is 6.33 Å². The summed E-state index contributed by atoms with van der Waals surface area (Å²) in [7, 11) is 0. The van der Waals surface area contributed by atoms with Gasteiger partial charge >= 0.3 is 0 Å². The molecule has 0 unspecified atom stereocenters. The van der Waals surface area contributed by atoms with Gasteiger partial charge in [-0.3, -0.25) is 0 Å². The van der Waals surface area contributed by atoms with Crippen molar-refractivity contribution in [3.05, 3.63) is 11.9 Å². The Kier molecular flexibility index (Phi) is 3.19. The van der Waals surface area contributed by atoms with E-state index < -0.39 is 0 Å². The predicted octanol–water partition coefficient (Wildman–Crippen LogP) is 1.24. The van der Waals surface area contributed by atoms with Crippen LogP contribution in [-0.4, -0.2) is 35.3 Å². The topological polar surface area (TPSA) is 64.3 Å². The minimum atomic E-state index is -0.0526. The normalized spacial score (nSPS) is 19.4. The highest BCUT2D eigenvalue weighted by molar-refractivity contribution is 5.58. The third kappa shape index (κ3) is 2.20. The predicted molar refractivity (Wildman–Crippen MR) is 68.1 cm³/mol. The van der Waals surface area contributed by atoms with Crippen molar-refractivity contribution in [3.8, 4) is 0 Å². The number of hydrogen-bond acceptors (Lipinski definition) is 5. The Bertz CT molecular complexity index is 405. The van der Waals surface area contributed by atoms with Crippen LogP contribution in [0.3, 0.4) is 0 Å². The highest BCUT2D eigenvalue weighted by Crippen LogP contribution is 2.29. The zero-order valence-electron chi connectivity index (χ0n) is 10.7. The lowest BCUT2D eigenvalue weighted by Crippen LogP contribution is -2.53. The smallest absolute Gasteiger partial charge is 0.137 e. The van der Waals surface area contributed by atoms with Gasteiger partial charge in [0.25, 0.3) is 0 Å². The first-order chi connectivity index (χ1) is 8.06. The second kappa shape index (κ2) is 4.49. The molecule has 94 valence electrons. The molecule has 1 aliphatic rings. The fraction of sp³-hybridized carbons (Fsp3) is 0.667. The number of nitrogen functional groups attached to an aromatic ring is 1. The van der Waals surface area contributed by atoms with Gasteiger partial charge in [-0.15, -0.1) is 0 Å². The first-order valence-electron chi connectivity index (χ1n) is 6.01. The maximum Gasteiger partial charge on any atom is 0.137 e. The SMILES string of the molecule is CCc1c(N)ncnc1N1CCOCC1(C)C. The quantitative estimate of drug-likeness (QED) is 0.837. The van der Waals surface area contributed by atoms with Crippen molar-refractivity contribution in [2.24, 2.45) is 0 Å². The molecule has 2 rings (SSSR count). The Morgan fingerprint density at radius 1 is 1.47 bits per heavy atom. The second-order valence-corrected chi connectivity index (χ2v) is 4.93. The van der Waals surface area contributed by atoms with Crippen molar-refractivity contribution < 1.29 is 4.74 Å². The molecule has 5 heteroatoms. The summed E-state index contributed by atoms with van der Waals surface area (Å²) in [5, 5.41) is 0. The van der Waals surface area contributed by atoms with Crippen LogP contribution in [0.4, 0.5) is 11.6 Å². The van der Waals surface area contributed by atoms with Gasteiger partial charge in [0.1, 0.15) is 18.0 Å². The molecule has 0 aliphatic carbocycles. The Morgan fingerprint density at radius 3 is 2.88 bits per heavy atom. The monoisotopic (exact) mass is 236 g/mol. The lowest BCUT2D eigenvalue weighted by molar-refractivity contribution is 0.0638. The fourth-order valence-electron chi connectivity index (χ4n) is 2.24. The Balaban J connectivity index is 2.42. The summed E-state index contributed by atoms with van der Waals surface area (Å²) in [4.78, 5) is 10.7. The Hall–Kier alpha value is -1.36. The van der Waals surface area contributed by atoms with Crippen LogP contribution in [0, 0.1) is 0 Å². The molecule has 5 nitrogen and oxygen atoms in total. The fourth-order valence-corrected chi connectivity index (χ4v) is 2.24. The van der Waals surface area contributed by atoms with Gasteiger partial charge in [0.05, 0.1) is 18.8 Å². The van der Waals surface area contributed by atoms with Crippen LogP contribution in [-0.2, 0) is 11.2 Å². The van der Waals surface area contributed by atoms with Gasteiger partial charge in [-0.25, -0.2) is 9.97 Å². The summed E-state index contributed by atoms with van der Waals surface area (Å²) in [6, 6.07) is 0. The zero-order chi connectivity index (χ0) is 12.5. The molecule has 1 saturated heterocycles. The van der Waals surface area contributed by atoms with Crippen molar-refractivity contribution in [3.63, 3.8) is 0 Å². The number of nitrogens with zero attached hydrogens (tertiary/aromatic N) is 3. The van der Waals surface area contributed by atoms with E-state index in [4.69, 9.17) is 10.5 Å². The van der Waals surface area contributed by atoms with Gasteiger partial charge < -0.3 is 15.4 Å². The highest BCUT2D eigenvalue weighted by atomic mass is 16.5. The van der Waals surface area contributed by atoms with Crippen LogP contribution >= 0.6 is 0 Å². The molecule has 0 spiro atoms. The molecule has 2 heterocycles. The van der Waals surface area contributed by atoms with E-state index in [0.717, 1.165) is 31.0 Å². The van der Waals surface area contributed by atoms with E-state index in [-0.39, 0.29) is 5.54 Å². The molecule has 0 saturated carbocycles. The largest absolute Gasteiger partial charge is 0.383 e. The van der Waals surface area contributed by atoms with Crippen LogP contribution in [0.5, 0.6) is 0 Å². The van der Waals surface area contributed by atoms with Crippen molar-refractivity contribution in [2.45, 2.75) is 32.7 Å². The molecular weight excluding hydrogens is 216 g/mol. The third-order valence-corrected chi connectivity index (χ3v) is 3.21. The summed E-state index contributed by atoms with van der Waals surface area (Å²) >= 11 is 0. The first-order valence-corrected chi connectivity index (χ1v) is 6.01. The summed E-state index contributed by atoms with van der Waals surface area (Å²) in [5.74, 6) is 1.54. The zero-order valence-corrected chi connectivity index (χ0v) is 10.7. The molecule has 17 heavy (non-hydrogen) atoms. The highest BCUT2D eigenvalue weighted by Gasteiger charge is 2.33. The molecule has 0 radical (unpaired) electrons. The number of nitrogens with two attached hydrogens (primary N) is 1. The molecule has 1 aromatic rings. The van der Waals surface area contributed by atoms with Gasteiger partial charge in [-0.05, 0) is 20.3 Å². The van der Waals surface area contributed by atoms with E-state index in [9.17, 15) is 0 Å². The second-order valence-electron chi connectivity index (χ2n) is 4.93. The summed E-state index contributed by atoms with van der Waals surface area (Å²) < 4.78 is 5.52. The lowest BCUT2D eigenvalue weighted by atomic mass is 10.0. The summed E-state index contributed by atoms with van der Waals surface area (Å²) in [6.45, 7) is 8.67. The molecule has 1 aliphatic heterocycles. The lowest BCUT2D eigenvalue weighted by Gasteiger charge is -2.43. The van der Waals surface area contributed by atoms with Crippen molar-refractivity contribution in [1.82, 2.24) is 9.97 Å². The van der Waals surface area contributed by atoms with Crippen LogP contribution in [0.2, 0.25) is 0 Å². The molecule has 0 bridgehead atoms. The number of morpholine rings is 1. The number of anilines is 2.